The molecule has 0 aromatic carbocycles. The predicted octanol–water partition coefficient (Wildman–Crippen LogP) is 3.51. The van der Waals surface area contributed by atoms with Crippen LogP contribution in [-0.2, 0) is 6.54 Å². The van der Waals surface area contributed by atoms with E-state index >= 15 is 0 Å². The lowest BCUT2D eigenvalue weighted by Crippen LogP contribution is -2.13. The third kappa shape index (κ3) is 6.63. The van der Waals surface area contributed by atoms with Gasteiger partial charge in [-0.15, -0.1) is 11.3 Å². The molecule has 0 saturated heterocycles. The number of nitrogens with two attached hydrogens (primary N) is 1. The fourth-order valence-electron chi connectivity index (χ4n) is 1.58. The summed E-state index contributed by atoms with van der Waals surface area (Å²) in [4.78, 5) is 1.40. The lowest BCUT2D eigenvalue weighted by Gasteiger charge is -2.03. The number of nitrogens with one attached hydrogen (secondary N) is 1. The highest BCUT2D eigenvalue weighted by Gasteiger charge is 1.96. The van der Waals surface area contributed by atoms with Gasteiger partial charge >= 0.3 is 0 Å². The highest BCUT2D eigenvalue weighted by Crippen LogP contribution is 2.21. The second-order valence-corrected chi connectivity index (χ2v) is 6.49. The maximum absolute atomic E-state index is 5.44. The molecule has 0 atom stereocenters. The zero-order valence-electron chi connectivity index (χ0n) is 9.68. The average Bonchev–Trinajstić information content (AvgIpc) is 2.68. The second kappa shape index (κ2) is 9.16. The van der Waals surface area contributed by atoms with Crippen molar-refractivity contribution >= 4 is 27.3 Å². The third-order valence-electron chi connectivity index (χ3n) is 2.49. The zero-order chi connectivity index (χ0) is 11.6. The van der Waals surface area contributed by atoms with Gasteiger partial charge in [0.1, 0.15) is 0 Å². The molecule has 1 rings (SSSR count). The first kappa shape index (κ1) is 14.2. The molecule has 0 aliphatic heterocycles. The number of rotatable bonds is 9. The summed E-state index contributed by atoms with van der Waals surface area (Å²) in [6.07, 6.45) is 6.38. The molecule has 16 heavy (non-hydrogen) atoms. The van der Waals surface area contributed by atoms with Gasteiger partial charge in [0.05, 0.1) is 3.79 Å². The Kier molecular flexibility index (Phi) is 8.11. The second-order valence-electron chi connectivity index (χ2n) is 3.94. The van der Waals surface area contributed by atoms with E-state index in [4.69, 9.17) is 5.73 Å². The van der Waals surface area contributed by atoms with Gasteiger partial charge in [0.2, 0.25) is 0 Å². The molecule has 4 heteroatoms. The largest absolute Gasteiger partial charge is 0.330 e. The van der Waals surface area contributed by atoms with Gasteiger partial charge in [0.15, 0.2) is 0 Å². The lowest BCUT2D eigenvalue weighted by atomic mass is 10.1. The van der Waals surface area contributed by atoms with Gasteiger partial charge in [-0.05, 0) is 54.0 Å². The van der Waals surface area contributed by atoms with Crippen LogP contribution >= 0.6 is 27.3 Å². The minimum absolute atomic E-state index is 0.839. The standard InChI is InChI=1S/C12H21BrN2S/c13-12-7-6-11(16-12)10-15-9-5-3-1-2-4-8-14/h6-7,15H,1-5,8-10,14H2. The van der Waals surface area contributed by atoms with E-state index in [-0.39, 0.29) is 0 Å². The van der Waals surface area contributed by atoms with E-state index in [1.807, 2.05) is 0 Å². The van der Waals surface area contributed by atoms with Crippen LogP contribution in [0, 0.1) is 0 Å². The van der Waals surface area contributed by atoms with E-state index in [2.05, 4.69) is 33.4 Å². The smallest absolute Gasteiger partial charge is 0.0701 e. The van der Waals surface area contributed by atoms with Crippen molar-refractivity contribution in [3.63, 3.8) is 0 Å². The topological polar surface area (TPSA) is 38.0 Å². The number of halogens is 1. The summed E-state index contributed by atoms with van der Waals surface area (Å²) in [6.45, 7) is 2.96. The summed E-state index contributed by atoms with van der Waals surface area (Å²) in [5, 5.41) is 3.47. The van der Waals surface area contributed by atoms with Gasteiger partial charge in [-0.2, -0.15) is 0 Å². The highest BCUT2D eigenvalue weighted by atomic mass is 79.9. The van der Waals surface area contributed by atoms with Crippen molar-refractivity contribution in [3.05, 3.63) is 20.8 Å². The van der Waals surface area contributed by atoms with Crippen LogP contribution in [0.4, 0.5) is 0 Å². The van der Waals surface area contributed by atoms with Crippen molar-refractivity contribution in [2.45, 2.75) is 38.6 Å². The zero-order valence-corrected chi connectivity index (χ0v) is 12.1. The van der Waals surface area contributed by atoms with Crippen molar-refractivity contribution in [3.8, 4) is 0 Å². The summed E-state index contributed by atoms with van der Waals surface area (Å²) >= 11 is 5.27. The Morgan fingerprint density at radius 2 is 1.88 bits per heavy atom. The maximum atomic E-state index is 5.44. The molecule has 0 aliphatic carbocycles. The SMILES string of the molecule is NCCCCCCCNCc1ccc(Br)s1. The molecule has 0 saturated carbocycles. The molecule has 0 spiro atoms. The van der Waals surface area contributed by atoms with Crippen molar-refractivity contribution in [1.29, 1.82) is 0 Å². The normalized spacial score (nSPS) is 10.9. The lowest BCUT2D eigenvalue weighted by molar-refractivity contribution is 0.579. The first-order valence-corrected chi connectivity index (χ1v) is 7.59. The predicted molar refractivity (Wildman–Crippen MR) is 75.9 cm³/mol. The van der Waals surface area contributed by atoms with Crippen molar-refractivity contribution in [2.75, 3.05) is 13.1 Å². The molecule has 0 fully saturated rings. The minimum Gasteiger partial charge on any atom is -0.330 e. The Morgan fingerprint density at radius 3 is 2.56 bits per heavy atom. The van der Waals surface area contributed by atoms with Gasteiger partial charge in [-0.3, -0.25) is 0 Å². The summed E-state index contributed by atoms with van der Waals surface area (Å²) in [7, 11) is 0. The van der Waals surface area contributed by atoms with Crippen LogP contribution in [0.3, 0.4) is 0 Å². The Hall–Kier alpha value is 0.1000. The number of hydrogen-bond acceptors (Lipinski definition) is 3. The fraction of sp³-hybridized carbons (Fsp3) is 0.667. The van der Waals surface area contributed by atoms with Crippen molar-refractivity contribution < 1.29 is 0 Å². The van der Waals surface area contributed by atoms with E-state index < -0.39 is 0 Å². The van der Waals surface area contributed by atoms with Gasteiger partial charge in [-0.25, -0.2) is 0 Å². The molecule has 1 aromatic rings. The van der Waals surface area contributed by atoms with Crippen LogP contribution in [-0.4, -0.2) is 13.1 Å². The molecular weight excluding hydrogens is 284 g/mol. The molecule has 0 unspecified atom stereocenters. The summed E-state index contributed by atoms with van der Waals surface area (Å²) < 4.78 is 1.21. The number of thiophene rings is 1. The maximum Gasteiger partial charge on any atom is 0.0701 e. The van der Waals surface area contributed by atoms with E-state index in [1.54, 1.807) is 11.3 Å². The van der Waals surface area contributed by atoms with Crippen LogP contribution in [0.2, 0.25) is 0 Å². The molecule has 0 aliphatic rings. The molecule has 0 radical (unpaired) electrons. The van der Waals surface area contributed by atoms with Crippen LogP contribution < -0.4 is 11.1 Å². The fourth-order valence-corrected chi connectivity index (χ4v) is 3.04. The van der Waals surface area contributed by atoms with Gasteiger partial charge in [-0.1, -0.05) is 19.3 Å². The summed E-state index contributed by atoms with van der Waals surface area (Å²) in [5.41, 5.74) is 5.44. The Bertz CT molecular complexity index is 276. The Labute approximate surface area is 111 Å². The Balaban J connectivity index is 1.88. The molecule has 0 bridgehead atoms. The van der Waals surface area contributed by atoms with Crippen molar-refractivity contribution in [2.24, 2.45) is 5.73 Å². The van der Waals surface area contributed by atoms with E-state index in [9.17, 15) is 0 Å². The summed E-state index contributed by atoms with van der Waals surface area (Å²) in [6, 6.07) is 4.28. The van der Waals surface area contributed by atoms with E-state index in [1.165, 1.54) is 40.8 Å². The number of unbranched alkanes of at least 4 members (excludes halogenated alkanes) is 4. The van der Waals surface area contributed by atoms with E-state index in [0.29, 0.717) is 0 Å². The van der Waals surface area contributed by atoms with Crippen molar-refractivity contribution in [1.82, 2.24) is 5.32 Å². The van der Waals surface area contributed by atoms with Crippen LogP contribution in [0.1, 0.15) is 37.0 Å². The minimum atomic E-state index is 0.839. The molecule has 92 valence electrons. The highest BCUT2D eigenvalue weighted by molar-refractivity contribution is 9.11. The van der Waals surface area contributed by atoms with Crippen LogP contribution in [0.5, 0.6) is 0 Å². The van der Waals surface area contributed by atoms with Gasteiger partial charge in [0.25, 0.3) is 0 Å². The summed E-state index contributed by atoms with van der Waals surface area (Å²) in [5.74, 6) is 0. The first-order valence-electron chi connectivity index (χ1n) is 5.98. The van der Waals surface area contributed by atoms with Gasteiger partial charge < -0.3 is 11.1 Å². The van der Waals surface area contributed by atoms with Gasteiger partial charge in [0, 0.05) is 11.4 Å². The molecule has 1 heterocycles. The molecule has 3 N–H and O–H groups in total. The average molecular weight is 305 g/mol. The number of hydrogen-bond donors (Lipinski definition) is 2. The first-order chi connectivity index (χ1) is 7.83. The third-order valence-corrected chi connectivity index (χ3v) is 4.11. The quantitative estimate of drug-likeness (QED) is 0.685. The Morgan fingerprint density at radius 1 is 1.12 bits per heavy atom. The molecule has 0 amide bonds. The molecule has 2 nitrogen and oxygen atoms in total. The van der Waals surface area contributed by atoms with Crippen LogP contribution in [0.15, 0.2) is 15.9 Å². The molecular formula is C12H21BrN2S. The van der Waals surface area contributed by atoms with Crippen LogP contribution in [0.25, 0.3) is 0 Å². The van der Waals surface area contributed by atoms with E-state index in [0.717, 1.165) is 19.6 Å². The monoisotopic (exact) mass is 304 g/mol. The molecule has 1 aromatic heterocycles.